The number of nitrogens with one attached hydrogen (secondary N) is 1. The van der Waals surface area contributed by atoms with Gasteiger partial charge in [-0.1, -0.05) is 12.8 Å². The Labute approximate surface area is 75.4 Å². The van der Waals surface area contributed by atoms with Crippen molar-refractivity contribution in [3.8, 4) is 12.3 Å². The van der Waals surface area contributed by atoms with Gasteiger partial charge in [0.15, 0.2) is 0 Å². The van der Waals surface area contributed by atoms with Crippen molar-refractivity contribution in [1.29, 1.82) is 0 Å². The van der Waals surface area contributed by atoms with Crippen molar-refractivity contribution < 1.29 is 0 Å². The topological polar surface area (TPSA) is 12.0 Å². The third-order valence-corrected chi connectivity index (χ3v) is 2.06. The van der Waals surface area contributed by atoms with Crippen molar-refractivity contribution in [1.82, 2.24) is 5.32 Å². The van der Waals surface area contributed by atoms with Crippen LogP contribution in [0.15, 0.2) is 0 Å². The van der Waals surface area contributed by atoms with Gasteiger partial charge < -0.3 is 5.32 Å². The zero-order chi connectivity index (χ0) is 7.23. The maximum absolute atomic E-state index is 5.12. The molecule has 0 heterocycles. The molecule has 0 bridgehead atoms. The van der Waals surface area contributed by atoms with Gasteiger partial charge in [-0.3, -0.25) is 0 Å². The van der Waals surface area contributed by atoms with E-state index in [1.165, 1.54) is 25.7 Å². The molecule has 0 aliphatic heterocycles. The number of terminal acetylenes is 1. The Kier molecular flexibility index (Phi) is 6.40. The van der Waals surface area contributed by atoms with Crippen LogP contribution in [0, 0.1) is 12.3 Å². The summed E-state index contributed by atoms with van der Waals surface area (Å²) in [6, 6.07) is 0.772. The molecule has 0 atom stereocenters. The summed E-state index contributed by atoms with van der Waals surface area (Å²) in [5, 5.41) is 3.44. The Morgan fingerprint density at radius 2 is 2.00 bits per heavy atom. The van der Waals surface area contributed by atoms with Gasteiger partial charge in [0.1, 0.15) is 0 Å². The van der Waals surface area contributed by atoms with Gasteiger partial charge in [-0.05, 0) is 12.8 Å². The first kappa shape index (κ1) is 10.8. The van der Waals surface area contributed by atoms with Gasteiger partial charge in [0, 0.05) is 19.0 Å². The van der Waals surface area contributed by atoms with E-state index in [0.717, 1.165) is 19.0 Å². The van der Waals surface area contributed by atoms with Crippen LogP contribution in [-0.2, 0) is 0 Å². The van der Waals surface area contributed by atoms with Crippen LogP contribution in [0.1, 0.15) is 32.1 Å². The van der Waals surface area contributed by atoms with Gasteiger partial charge in [0.05, 0.1) is 0 Å². The third kappa shape index (κ3) is 4.29. The summed E-state index contributed by atoms with van der Waals surface area (Å²) < 4.78 is 0. The lowest BCUT2D eigenvalue weighted by molar-refractivity contribution is 0.533. The second kappa shape index (κ2) is 6.52. The number of hydrogen-bond acceptors (Lipinski definition) is 1. The van der Waals surface area contributed by atoms with Crippen LogP contribution in [0.25, 0.3) is 0 Å². The molecule has 1 saturated carbocycles. The molecule has 0 saturated heterocycles. The van der Waals surface area contributed by atoms with E-state index in [4.69, 9.17) is 6.42 Å². The van der Waals surface area contributed by atoms with Gasteiger partial charge in [0.2, 0.25) is 0 Å². The van der Waals surface area contributed by atoms with Crippen molar-refractivity contribution in [2.75, 3.05) is 6.54 Å². The molecule has 2 heteroatoms. The summed E-state index contributed by atoms with van der Waals surface area (Å²) in [5.74, 6) is 2.63. The molecule has 0 unspecified atom stereocenters. The zero-order valence-electron chi connectivity index (χ0n) is 6.81. The normalized spacial score (nSPS) is 17.4. The lowest BCUT2D eigenvalue weighted by Gasteiger charge is -2.08. The van der Waals surface area contributed by atoms with Crippen molar-refractivity contribution in [2.24, 2.45) is 0 Å². The lowest BCUT2D eigenvalue weighted by atomic mass is 10.2. The first-order valence-corrected chi connectivity index (χ1v) is 4.10. The predicted octanol–water partition coefficient (Wildman–Crippen LogP) is 1.96. The molecule has 0 amide bonds. The van der Waals surface area contributed by atoms with E-state index >= 15 is 0 Å². The highest BCUT2D eigenvalue weighted by Crippen LogP contribution is 2.17. The highest BCUT2D eigenvalue weighted by atomic mass is 35.5. The summed E-state index contributed by atoms with van der Waals surface area (Å²) >= 11 is 0. The maximum atomic E-state index is 5.12. The van der Waals surface area contributed by atoms with E-state index in [9.17, 15) is 0 Å². The average Bonchev–Trinajstić information content (AvgIpc) is 2.41. The minimum atomic E-state index is 0. The predicted molar refractivity (Wildman–Crippen MR) is 51.0 cm³/mol. The van der Waals surface area contributed by atoms with Crippen LogP contribution >= 0.6 is 12.4 Å². The molecule has 0 aromatic carbocycles. The molecule has 1 aliphatic carbocycles. The lowest BCUT2D eigenvalue weighted by Crippen LogP contribution is -2.26. The minimum Gasteiger partial charge on any atom is -0.313 e. The molecular formula is C9H16ClN. The van der Waals surface area contributed by atoms with Crippen molar-refractivity contribution in [2.45, 2.75) is 38.1 Å². The first-order valence-electron chi connectivity index (χ1n) is 4.10. The van der Waals surface area contributed by atoms with Gasteiger partial charge in [-0.15, -0.1) is 24.8 Å². The van der Waals surface area contributed by atoms with Crippen LogP contribution in [0.2, 0.25) is 0 Å². The largest absolute Gasteiger partial charge is 0.313 e. The van der Waals surface area contributed by atoms with Crippen LogP contribution in [0.4, 0.5) is 0 Å². The Balaban J connectivity index is 0.000001000. The smallest absolute Gasteiger partial charge is 0.0211 e. The summed E-state index contributed by atoms with van der Waals surface area (Å²) in [6.45, 7) is 1.00. The molecule has 11 heavy (non-hydrogen) atoms. The van der Waals surface area contributed by atoms with Gasteiger partial charge in [-0.25, -0.2) is 0 Å². The van der Waals surface area contributed by atoms with Crippen LogP contribution in [-0.4, -0.2) is 12.6 Å². The molecule has 1 N–H and O–H groups in total. The Morgan fingerprint density at radius 1 is 1.36 bits per heavy atom. The quantitative estimate of drug-likeness (QED) is 0.509. The van der Waals surface area contributed by atoms with E-state index in [1.807, 2.05) is 0 Å². The fourth-order valence-electron chi connectivity index (χ4n) is 1.48. The van der Waals surface area contributed by atoms with E-state index in [1.54, 1.807) is 0 Å². The highest BCUT2D eigenvalue weighted by Gasteiger charge is 2.12. The molecule has 0 aromatic rings. The summed E-state index contributed by atoms with van der Waals surface area (Å²) in [6.07, 6.45) is 11.5. The number of halogens is 1. The van der Waals surface area contributed by atoms with Crippen LogP contribution in [0.3, 0.4) is 0 Å². The van der Waals surface area contributed by atoms with Crippen molar-refractivity contribution in [3.05, 3.63) is 0 Å². The van der Waals surface area contributed by atoms with E-state index in [0.29, 0.717) is 0 Å². The third-order valence-electron chi connectivity index (χ3n) is 2.06. The molecule has 0 spiro atoms. The molecule has 0 aromatic heterocycles. The highest BCUT2D eigenvalue weighted by molar-refractivity contribution is 5.85. The van der Waals surface area contributed by atoms with Gasteiger partial charge in [0.25, 0.3) is 0 Å². The minimum absolute atomic E-state index is 0. The van der Waals surface area contributed by atoms with Crippen LogP contribution < -0.4 is 5.32 Å². The fraction of sp³-hybridized carbons (Fsp3) is 0.778. The average molecular weight is 174 g/mol. The van der Waals surface area contributed by atoms with Crippen LogP contribution in [0.5, 0.6) is 0 Å². The van der Waals surface area contributed by atoms with Crippen molar-refractivity contribution >= 4 is 12.4 Å². The maximum Gasteiger partial charge on any atom is 0.0211 e. The zero-order valence-corrected chi connectivity index (χ0v) is 7.62. The molecule has 1 fully saturated rings. The first-order chi connectivity index (χ1) is 4.93. The Bertz CT molecular complexity index is 122. The molecule has 0 radical (unpaired) electrons. The van der Waals surface area contributed by atoms with Crippen molar-refractivity contribution in [3.63, 3.8) is 0 Å². The molecule has 1 aliphatic rings. The Morgan fingerprint density at radius 3 is 2.55 bits per heavy atom. The van der Waals surface area contributed by atoms with Gasteiger partial charge in [-0.2, -0.15) is 0 Å². The molecule has 64 valence electrons. The molecule has 1 nitrogen and oxygen atoms in total. The number of rotatable bonds is 3. The summed E-state index contributed by atoms with van der Waals surface area (Å²) in [4.78, 5) is 0. The second-order valence-corrected chi connectivity index (χ2v) is 2.89. The van der Waals surface area contributed by atoms with E-state index in [2.05, 4.69) is 11.2 Å². The second-order valence-electron chi connectivity index (χ2n) is 2.89. The Hall–Kier alpha value is -0.190. The summed E-state index contributed by atoms with van der Waals surface area (Å²) in [7, 11) is 0. The SMILES string of the molecule is C#CCCNC1CCCC1.Cl. The standard InChI is InChI=1S/C9H15N.ClH/c1-2-3-8-10-9-6-4-5-7-9;/h1,9-10H,3-8H2;1H. The monoisotopic (exact) mass is 173 g/mol. The summed E-state index contributed by atoms with van der Waals surface area (Å²) in [5.41, 5.74) is 0. The van der Waals surface area contributed by atoms with E-state index in [-0.39, 0.29) is 12.4 Å². The van der Waals surface area contributed by atoms with Gasteiger partial charge >= 0.3 is 0 Å². The number of hydrogen-bond donors (Lipinski definition) is 1. The van der Waals surface area contributed by atoms with E-state index < -0.39 is 0 Å². The molecular weight excluding hydrogens is 158 g/mol. The molecule has 1 rings (SSSR count). The fourth-order valence-corrected chi connectivity index (χ4v) is 1.48.